The molecule has 0 bridgehead atoms. The van der Waals surface area contributed by atoms with Gasteiger partial charge in [-0.1, -0.05) is 6.07 Å². The second-order valence-electron chi connectivity index (χ2n) is 5.83. The zero-order valence-corrected chi connectivity index (χ0v) is 16.9. The highest BCUT2D eigenvalue weighted by Gasteiger charge is 2.13. The van der Waals surface area contributed by atoms with Gasteiger partial charge in [0.15, 0.2) is 11.5 Å². The minimum atomic E-state index is -3.88. The summed E-state index contributed by atoms with van der Waals surface area (Å²) in [6.45, 7) is 4.21. The number of carbonyl (C=O) groups excluding carboxylic acids is 2. The Kier molecular flexibility index (Phi) is 7.57. The van der Waals surface area contributed by atoms with E-state index in [0.717, 1.165) is 0 Å². The van der Waals surface area contributed by atoms with Crippen LogP contribution in [0.15, 0.2) is 47.4 Å². The molecule has 0 heterocycles. The Labute approximate surface area is 169 Å². The molecule has 0 saturated carbocycles. The summed E-state index contributed by atoms with van der Waals surface area (Å²) < 4.78 is 33.7. The van der Waals surface area contributed by atoms with Crippen molar-refractivity contribution in [1.82, 2.24) is 5.32 Å². The second kappa shape index (κ2) is 9.89. The lowest BCUT2D eigenvalue weighted by Crippen LogP contribution is -2.32. The third-order valence-electron chi connectivity index (χ3n) is 3.66. The van der Waals surface area contributed by atoms with Crippen LogP contribution in [0, 0.1) is 0 Å². The third kappa shape index (κ3) is 6.47. The molecule has 2 amide bonds. The lowest BCUT2D eigenvalue weighted by atomic mass is 10.2. The number of sulfonamides is 1. The number of benzene rings is 2. The number of primary sulfonamides is 1. The zero-order valence-electron chi connectivity index (χ0n) is 16.1. The van der Waals surface area contributed by atoms with Crippen LogP contribution in [-0.4, -0.2) is 40.0 Å². The Morgan fingerprint density at radius 2 is 1.69 bits per heavy atom. The van der Waals surface area contributed by atoms with E-state index in [9.17, 15) is 18.0 Å². The van der Waals surface area contributed by atoms with Crippen molar-refractivity contribution in [3.05, 3.63) is 48.0 Å². The van der Waals surface area contributed by atoms with Crippen molar-refractivity contribution in [2.45, 2.75) is 18.7 Å². The highest BCUT2D eigenvalue weighted by Crippen LogP contribution is 2.28. The Bertz CT molecular complexity index is 991. The van der Waals surface area contributed by atoms with E-state index < -0.39 is 21.8 Å². The van der Waals surface area contributed by atoms with Gasteiger partial charge in [-0.15, -0.1) is 0 Å². The van der Waals surface area contributed by atoms with Gasteiger partial charge in [-0.3, -0.25) is 9.59 Å². The standard InChI is InChI=1S/C19H23N3O6S/c1-3-27-16-9-8-13(10-17(16)28-4-2)19(24)21-12-18(23)22-14-6-5-7-15(11-14)29(20,25)26/h5-11H,3-4,12H2,1-2H3,(H,21,24)(H,22,23)(H2,20,25,26). The van der Waals surface area contributed by atoms with Gasteiger partial charge < -0.3 is 20.1 Å². The SMILES string of the molecule is CCOc1ccc(C(=O)NCC(=O)Nc2cccc(S(N)(=O)=O)c2)cc1OCC. The molecule has 2 aromatic carbocycles. The molecule has 0 aliphatic rings. The maximum Gasteiger partial charge on any atom is 0.251 e. The molecule has 0 aliphatic carbocycles. The molecule has 2 rings (SSSR count). The summed E-state index contributed by atoms with van der Waals surface area (Å²) in [5, 5.41) is 10.1. The molecule has 9 nitrogen and oxygen atoms in total. The van der Waals surface area contributed by atoms with Crippen molar-refractivity contribution in [1.29, 1.82) is 0 Å². The number of hydrogen-bond donors (Lipinski definition) is 3. The van der Waals surface area contributed by atoms with Crippen LogP contribution in [0.25, 0.3) is 0 Å². The lowest BCUT2D eigenvalue weighted by molar-refractivity contribution is -0.115. The van der Waals surface area contributed by atoms with Crippen LogP contribution in [0.2, 0.25) is 0 Å². The fourth-order valence-electron chi connectivity index (χ4n) is 2.41. The van der Waals surface area contributed by atoms with Crippen molar-refractivity contribution < 1.29 is 27.5 Å². The summed E-state index contributed by atoms with van der Waals surface area (Å²) in [4.78, 5) is 24.3. The minimum absolute atomic E-state index is 0.128. The number of ether oxygens (including phenoxy) is 2. The summed E-state index contributed by atoms with van der Waals surface area (Å²) in [5.74, 6) is -0.0343. The third-order valence-corrected chi connectivity index (χ3v) is 4.57. The number of hydrogen-bond acceptors (Lipinski definition) is 6. The average molecular weight is 421 g/mol. The quantitative estimate of drug-likeness (QED) is 0.561. The lowest BCUT2D eigenvalue weighted by Gasteiger charge is -2.12. The number of nitrogens with two attached hydrogens (primary N) is 1. The van der Waals surface area contributed by atoms with Gasteiger partial charge in [-0.05, 0) is 50.2 Å². The first-order valence-electron chi connectivity index (χ1n) is 8.85. The van der Waals surface area contributed by atoms with E-state index in [2.05, 4.69) is 10.6 Å². The monoisotopic (exact) mass is 421 g/mol. The van der Waals surface area contributed by atoms with E-state index in [1.54, 1.807) is 12.1 Å². The molecule has 0 radical (unpaired) electrons. The van der Waals surface area contributed by atoms with Gasteiger partial charge in [0.1, 0.15) is 0 Å². The number of amides is 2. The maximum atomic E-state index is 12.3. The van der Waals surface area contributed by atoms with E-state index in [1.165, 1.54) is 30.3 Å². The molecule has 0 spiro atoms. The Morgan fingerprint density at radius 1 is 1.00 bits per heavy atom. The summed E-state index contributed by atoms with van der Waals surface area (Å²) in [6, 6.07) is 10.2. The molecule has 0 atom stereocenters. The molecule has 4 N–H and O–H groups in total. The Morgan fingerprint density at radius 3 is 2.34 bits per heavy atom. The van der Waals surface area contributed by atoms with E-state index >= 15 is 0 Å². The van der Waals surface area contributed by atoms with E-state index in [0.29, 0.717) is 30.3 Å². The van der Waals surface area contributed by atoms with Crippen molar-refractivity contribution in [3.8, 4) is 11.5 Å². The van der Waals surface area contributed by atoms with E-state index in [1.807, 2.05) is 13.8 Å². The molecule has 10 heteroatoms. The van der Waals surface area contributed by atoms with E-state index in [-0.39, 0.29) is 17.1 Å². The van der Waals surface area contributed by atoms with Gasteiger partial charge in [-0.2, -0.15) is 0 Å². The van der Waals surface area contributed by atoms with Crippen LogP contribution in [0.4, 0.5) is 5.69 Å². The van der Waals surface area contributed by atoms with E-state index in [4.69, 9.17) is 14.6 Å². The van der Waals surface area contributed by atoms with Crippen LogP contribution in [0.5, 0.6) is 11.5 Å². The summed E-state index contributed by atoms with van der Waals surface area (Å²) in [5.41, 5.74) is 0.552. The largest absolute Gasteiger partial charge is 0.490 e. The van der Waals surface area contributed by atoms with Gasteiger partial charge in [-0.25, -0.2) is 13.6 Å². The van der Waals surface area contributed by atoms with Crippen LogP contribution in [0.1, 0.15) is 24.2 Å². The summed E-state index contributed by atoms with van der Waals surface area (Å²) in [6.07, 6.45) is 0. The van der Waals surface area contributed by atoms with Crippen LogP contribution in [0.3, 0.4) is 0 Å². The molecule has 29 heavy (non-hydrogen) atoms. The van der Waals surface area contributed by atoms with Crippen LogP contribution < -0.4 is 25.2 Å². The highest BCUT2D eigenvalue weighted by atomic mass is 32.2. The number of rotatable bonds is 9. The first kappa shape index (κ1) is 22.2. The second-order valence-corrected chi connectivity index (χ2v) is 7.39. The highest BCUT2D eigenvalue weighted by molar-refractivity contribution is 7.89. The zero-order chi connectivity index (χ0) is 21.4. The first-order valence-corrected chi connectivity index (χ1v) is 10.4. The average Bonchev–Trinajstić information content (AvgIpc) is 2.67. The van der Waals surface area contributed by atoms with Crippen molar-refractivity contribution in [2.75, 3.05) is 25.1 Å². The maximum absolute atomic E-state index is 12.3. The molecule has 0 aromatic heterocycles. The molecular formula is C19H23N3O6S. The molecule has 0 unspecified atom stereocenters. The molecule has 0 saturated heterocycles. The number of nitrogens with one attached hydrogen (secondary N) is 2. The van der Waals surface area contributed by atoms with Crippen molar-refractivity contribution >= 4 is 27.5 Å². The summed E-state index contributed by atoms with van der Waals surface area (Å²) >= 11 is 0. The fraction of sp³-hybridized carbons (Fsp3) is 0.263. The number of anilines is 1. The molecule has 0 fully saturated rings. The normalized spacial score (nSPS) is 10.9. The predicted molar refractivity (Wildman–Crippen MR) is 108 cm³/mol. The molecular weight excluding hydrogens is 398 g/mol. The van der Waals surface area contributed by atoms with Gasteiger partial charge in [0.05, 0.1) is 24.7 Å². The topological polar surface area (TPSA) is 137 Å². The van der Waals surface area contributed by atoms with Gasteiger partial charge in [0, 0.05) is 11.3 Å². The number of carbonyl (C=O) groups is 2. The minimum Gasteiger partial charge on any atom is -0.490 e. The summed E-state index contributed by atoms with van der Waals surface area (Å²) in [7, 11) is -3.88. The van der Waals surface area contributed by atoms with Gasteiger partial charge in [0.25, 0.3) is 5.91 Å². The van der Waals surface area contributed by atoms with Crippen LogP contribution >= 0.6 is 0 Å². The smallest absolute Gasteiger partial charge is 0.251 e. The molecule has 156 valence electrons. The molecule has 2 aromatic rings. The Balaban J connectivity index is 2.00. The first-order chi connectivity index (χ1) is 13.7. The van der Waals surface area contributed by atoms with Gasteiger partial charge >= 0.3 is 0 Å². The Hall–Kier alpha value is -3.11. The fourth-order valence-corrected chi connectivity index (χ4v) is 2.97. The van der Waals surface area contributed by atoms with Crippen LogP contribution in [-0.2, 0) is 14.8 Å². The predicted octanol–water partition coefficient (Wildman–Crippen LogP) is 1.50. The van der Waals surface area contributed by atoms with Crippen molar-refractivity contribution in [3.63, 3.8) is 0 Å². The van der Waals surface area contributed by atoms with Crippen molar-refractivity contribution in [2.24, 2.45) is 5.14 Å². The van der Waals surface area contributed by atoms with Gasteiger partial charge in [0.2, 0.25) is 15.9 Å². The molecule has 0 aliphatic heterocycles.